The Morgan fingerprint density at radius 2 is 2.04 bits per heavy atom. The van der Waals surface area contributed by atoms with Crippen LogP contribution in [0.3, 0.4) is 0 Å². The van der Waals surface area contributed by atoms with Crippen LogP contribution in [-0.2, 0) is 4.79 Å². The number of nitro benzene ring substituents is 1. The predicted octanol–water partition coefficient (Wildman–Crippen LogP) is 2.33. The minimum absolute atomic E-state index is 0.0941. The molecular formula is C16H21N3O4S. The fourth-order valence-corrected chi connectivity index (χ4v) is 3.57. The molecule has 7 nitrogen and oxygen atoms in total. The third kappa shape index (κ3) is 4.05. The number of nitrogens with one attached hydrogen (secondary N) is 1. The Bertz CT molecular complexity index is 684. The lowest BCUT2D eigenvalue weighted by Crippen LogP contribution is -2.52. The molecule has 0 bridgehead atoms. The maximum Gasteiger partial charge on any atom is 0.273 e. The van der Waals surface area contributed by atoms with Crippen molar-refractivity contribution in [3.05, 3.63) is 39.4 Å². The fraction of sp³-hybridized carbons (Fsp3) is 0.500. The van der Waals surface area contributed by atoms with Crippen molar-refractivity contribution in [1.82, 2.24) is 10.2 Å². The molecule has 0 aromatic heterocycles. The van der Waals surface area contributed by atoms with E-state index in [1.165, 1.54) is 22.7 Å². The first-order valence-electron chi connectivity index (χ1n) is 7.56. The Labute approximate surface area is 144 Å². The monoisotopic (exact) mass is 351 g/mol. The Morgan fingerprint density at radius 3 is 2.62 bits per heavy atom. The first-order valence-corrected chi connectivity index (χ1v) is 8.71. The molecular weight excluding hydrogens is 330 g/mol. The van der Waals surface area contributed by atoms with Crippen LogP contribution in [0.2, 0.25) is 0 Å². The van der Waals surface area contributed by atoms with Gasteiger partial charge in [-0.05, 0) is 33.8 Å². The number of carbonyl (C=O) groups is 2. The molecule has 130 valence electrons. The summed E-state index contributed by atoms with van der Waals surface area (Å²) in [6.07, 6.45) is 0. The minimum Gasteiger partial charge on any atom is -0.350 e. The summed E-state index contributed by atoms with van der Waals surface area (Å²) in [5, 5.41) is 13.9. The molecule has 1 aromatic carbocycles. The number of rotatable bonds is 3. The lowest BCUT2D eigenvalue weighted by molar-refractivity contribution is -0.385. The molecule has 2 rings (SSSR count). The molecule has 1 unspecified atom stereocenters. The van der Waals surface area contributed by atoms with E-state index >= 15 is 0 Å². The summed E-state index contributed by atoms with van der Waals surface area (Å²) in [7, 11) is 0. The lowest BCUT2D eigenvalue weighted by Gasteiger charge is -2.27. The summed E-state index contributed by atoms with van der Waals surface area (Å²) in [6.45, 7) is 7.26. The second kappa shape index (κ2) is 6.80. The summed E-state index contributed by atoms with van der Waals surface area (Å²) in [5.41, 5.74) is 0.239. The maximum atomic E-state index is 12.7. The number of nitrogens with zero attached hydrogens (tertiary/aromatic N) is 2. The molecule has 0 radical (unpaired) electrons. The van der Waals surface area contributed by atoms with Crippen LogP contribution in [0.15, 0.2) is 18.2 Å². The third-order valence-electron chi connectivity index (χ3n) is 3.60. The van der Waals surface area contributed by atoms with Gasteiger partial charge < -0.3 is 10.2 Å². The Balaban J connectivity index is 2.24. The van der Waals surface area contributed by atoms with Crippen molar-refractivity contribution in [2.75, 3.05) is 11.6 Å². The van der Waals surface area contributed by atoms with Gasteiger partial charge >= 0.3 is 0 Å². The topological polar surface area (TPSA) is 92.6 Å². The van der Waals surface area contributed by atoms with Gasteiger partial charge in [0.05, 0.1) is 10.8 Å². The smallest absolute Gasteiger partial charge is 0.273 e. The van der Waals surface area contributed by atoms with E-state index in [1.54, 1.807) is 19.1 Å². The first-order chi connectivity index (χ1) is 11.1. The van der Waals surface area contributed by atoms with Gasteiger partial charge in [-0.2, -0.15) is 0 Å². The molecule has 1 heterocycles. The summed E-state index contributed by atoms with van der Waals surface area (Å²) in [4.78, 5) is 37.2. The van der Waals surface area contributed by atoms with Crippen molar-refractivity contribution in [1.29, 1.82) is 0 Å². The Hall–Kier alpha value is -2.09. The van der Waals surface area contributed by atoms with Crippen molar-refractivity contribution in [2.45, 2.75) is 39.3 Å². The van der Waals surface area contributed by atoms with Gasteiger partial charge in [-0.25, -0.2) is 0 Å². The SMILES string of the molecule is Cc1ccc(C(=O)N2CSCC2C(=O)NC(C)(C)C)cc1[N+](=O)[O-]. The van der Waals surface area contributed by atoms with Crippen molar-refractivity contribution in [2.24, 2.45) is 0 Å². The largest absolute Gasteiger partial charge is 0.350 e. The van der Waals surface area contributed by atoms with E-state index in [4.69, 9.17) is 0 Å². The number of hydrogen-bond acceptors (Lipinski definition) is 5. The van der Waals surface area contributed by atoms with E-state index in [9.17, 15) is 19.7 Å². The average Bonchev–Trinajstić information content (AvgIpc) is 2.94. The Morgan fingerprint density at radius 1 is 1.38 bits per heavy atom. The van der Waals surface area contributed by atoms with Crippen LogP contribution in [-0.4, -0.2) is 44.8 Å². The highest BCUT2D eigenvalue weighted by atomic mass is 32.2. The molecule has 0 spiro atoms. The zero-order valence-electron chi connectivity index (χ0n) is 14.2. The van der Waals surface area contributed by atoms with E-state index in [0.29, 0.717) is 17.2 Å². The number of aryl methyl sites for hydroxylation is 1. The molecule has 2 amide bonds. The normalized spacial score (nSPS) is 17.7. The van der Waals surface area contributed by atoms with Gasteiger partial charge in [0.2, 0.25) is 5.91 Å². The molecule has 0 saturated carbocycles. The van der Waals surface area contributed by atoms with Crippen LogP contribution in [0, 0.1) is 17.0 Å². The summed E-state index contributed by atoms with van der Waals surface area (Å²) >= 11 is 1.49. The third-order valence-corrected chi connectivity index (χ3v) is 4.61. The number of carbonyl (C=O) groups excluding carboxylic acids is 2. The van der Waals surface area contributed by atoms with Crippen LogP contribution in [0.25, 0.3) is 0 Å². The van der Waals surface area contributed by atoms with Crippen molar-refractivity contribution >= 4 is 29.3 Å². The molecule has 1 aliphatic heterocycles. The average molecular weight is 351 g/mol. The van der Waals surface area contributed by atoms with E-state index in [-0.39, 0.29) is 28.6 Å². The molecule has 24 heavy (non-hydrogen) atoms. The van der Waals surface area contributed by atoms with Gasteiger partial charge in [-0.15, -0.1) is 11.8 Å². The highest BCUT2D eigenvalue weighted by Crippen LogP contribution is 2.26. The van der Waals surface area contributed by atoms with E-state index < -0.39 is 11.0 Å². The van der Waals surface area contributed by atoms with Crippen LogP contribution in [0.5, 0.6) is 0 Å². The van der Waals surface area contributed by atoms with Gasteiger partial charge in [0, 0.05) is 28.5 Å². The molecule has 1 saturated heterocycles. The maximum absolute atomic E-state index is 12.7. The molecule has 1 fully saturated rings. The highest BCUT2D eigenvalue weighted by Gasteiger charge is 2.36. The van der Waals surface area contributed by atoms with Crippen LogP contribution < -0.4 is 5.32 Å². The number of nitro groups is 1. The van der Waals surface area contributed by atoms with Gasteiger partial charge in [-0.3, -0.25) is 19.7 Å². The van der Waals surface area contributed by atoms with Gasteiger partial charge in [0.15, 0.2) is 0 Å². The zero-order valence-corrected chi connectivity index (χ0v) is 15.0. The standard InChI is InChI=1S/C16H21N3O4S/c1-10-5-6-11(7-12(10)19(22)23)15(21)18-9-24-8-13(18)14(20)17-16(2,3)4/h5-7,13H,8-9H2,1-4H3,(H,17,20). The van der Waals surface area contributed by atoms with Gasteiger partial charge in [0.25, 0.3) is 11.6 Å². The van der Waals surface area contributed by atoms with E-state index in [2.05, 4.69) is 5.32 Å². The van der Waals surface area contributed by atoms with Crippen molar-refractivity contribution in [3.8, 4) is 0 Å². The number of thioether (sulfide) groups is 1. The van der Waals surface area contributed by atoms with Crippen molar-refractivity contribution in [3.63, 3.8) is 0 Å². The lowest BCUT2D eigenvalue weighted by atomic mass is 10.1. The van der Waals surface area contributed by atoms with Gasteiger partial charge in [-0.1, -0.05) is 6.07 Å². The molecule has 8 heteroatoms. The molecule has 1 aromatic rings. The quantitative estimate of drug-likeness (QED) is 0.666. The summed E-state index contributed by atoms with van der Waals surface area (Å²) in [6, 6.07) is 3.83. The van der Waals surface area contributed by atoms with Gasteiger partial charge in [0.1, 0.15) is 6.04 Å². The molecule has 1 N–H and O–H groups in total. The number of amides is 2. The molecule has 1 aliphatic rings. The van der Waals surface area contributed by atoms with Crippen LogP contribution >= 0.6 is 11.8 Å². The van der Waals surface area contributed by atoms with Crippen molar-refractivity contribution < 1.29 is 14.5 Å². The minimum atomic E-state index is -0.568. The second-order valence-electron chi connectivity index (χ2n) is 6.79. The van der Waals surface area contributed by atoms with E-state index in [1.807, 2.05) is 20.8 Å². The van der Waals surface area contributed by atoms with Crippen LogP contribution in [0.1, 0.15) is 36.7 Å². The molecule has 1 atom stereocenters. The fourth-order valence-electron chi connectivity index (χ4n) is 2.42. The summed E-state index contributed by atoms with van der Waals surface area (Å²) in [5.74, 6) is 0.337. The molecule has 0 aliphatic carbocycles. The van der Waals surface area contributed by atoms with Crippen LogP contribution in [0.4, 0.5) is 5.69 Å². The first kappa shape index (κ1) is 18.3. The second-order valence-corrected chi connectivity index (χ2v) is 7.79. The number of hydrogen-bond donors (Lipinski definition) is 1. The highest BCUT2D eigenvalue weighted by molar-refractivity contribution is 7.99. The summed E-state index contributed by atoms with van der Waals surface area (Å²) < 4.78 is 0. The zero-order chi connectivity index (χ0) is 18.1. The number of benzene rings is 1. The van der Waals surface area contributed by atoms with E-state index in [0.717, 1.165) is 0 Å². The predicted molar refractivity (Wildman–Crippen MR) is 93.0 cm³/mol. The Kier molecular flexibility index (Phi) is 5.17.